The van der Waals surface area contributed by atoms with Gasteiger partial charge in [-0.15, -0.1) is 0 Å². The number of thioether (sulfide) groups is 1. The van der Waals surface area contributed by atoms with E-state index in [1.54, 1.807) is 0 Å². The Morgan fingerprint density at radius 2 is 2.20 bits per heavy atom. The smallest absolute Gasteiger partial charge is 0.0201 e. The highest BCUT2D eigenvalue weighted by molar-refractivity contribution is 8.00. The summed E-state index contributed by atoms with van der Waals surface area (Å²) in [4.78, 5) is 0. The second-order valence-electron chi connectivity index (χ2n) is 3.25. The molecule has 0 amide bonds. The number of hydrogen-bond acceptors (Lipinski definition) is 2. The molecule has 0 radical (unpaired) electrons. The second kappa shape index (κ2) is 3.14. The Labute approximate surface area is 67.0 Å². The lowest BCUT2D eigenvalue weighted by Crippen LogP contribution is -2.30. The normalized spacial score (nSPS) is 40.8. The third-order valence-electron chi connectivity index (χ3n) is 2.51. The topological polar surface area (TPSA) is 12.0 Å². The molecular formula is C8H15NS. The Kier molecular flexibility index (Phi) is 2.19. The Balaban J connectivity index is 1.85. The SMILES string of the molecule is C1CNC(C2CCCS2)C1. The average molecular weight is 157 g/mol. The van der Waals surface area contributed by atoms with Crippen molar-refractivity contribution in [2.45, 2.75) is 37.0 Å². The van der Waals surface area contributed by atoms with E-state index in [1.807, 2.05) is 0 Å². The maximum Gasteiger partial charge on any atom is 0.0201 e. The van der Waals surface area contributed by atoms with Crippen molar-refractivity contribution in [2.75, 3.05) is 12.3 Å². The quantitative estimate of drug-likeness (QED) is 0.621. The van der Waals surface area contributed by atoms with E-state index in [2.05, 4.69) is 17.1 Å². The first-order valence-corrected chi connectivity index (χ1v) is 5.37. The largest absolute Gasteiger partial charge is 0.313 e. The molecule has 2 heterocycles. The lowest BCUT2D eigenvalue weighted by atomic mass is 10.1. The van der Waals surface area contributed by atoms with Crippen molar-refractivity contribution >= 4 is 11.8 Å². The summed E-state index contributed by atoms with van der Waals surface area (Å²) in [6.45, 7) is 1.27. The van der Waals surface area contributed by atoms with E-state index in [0.717, 1.165) is 11.3 Å². The van der Waals surface area contributed by atoms with E-state index in [4.69, 9.17) is 0 Å². The summed E-state index contributed by atoms with van der Waals surface area (Å²) in [6, 6.07) is 0.868. The van der Waals surface area contributed by atoms with Crippen LogP contribution in [0, 0.1) is 0 Å². The fourth-order valence-corrected chi connectivity index (χ4v) is 3.38. The summed E-state index contributed by atoms with van der Waals surface area (Å²) in [6.07, 6.45) is 5.75. The van der Waals surface area contributed by atoms with Crippen molar-refractivity contribution in [1.82, 2.24) is 5.32 Å². The van der Waals surface area contributed by atoms with E-state index in [1.165, 1.54) is 38.0 Å². The highest BCUT2D eigenvalue weighted by Crippen LogP contribution is 2.31. The van der Waals surface area contributed by atoms with Gasteiger partial charge in [0, 0.05) is 11.3 Å². The van der Waals surface area contributed by atoms with Crippen LogP contribution in [0.2, 0.25) is 0 Å². The summed E-state index contributed by atoms with van der Waals surface area (Å²) < 4.78 is 0. The molecule has 58 valence electrons. The van der Waals surface area contributed by atoms with Crippen LogP contribution in [0.15, 0.2) is 0 Å². The first kappa shape index (κ1) is 6.99. The summed E-state index contributed by atoms with van der Waals surface area (Å²) in [7, 11) is 0. The molecule has 0 saturated carbocycles. The molecule has 0 bridgehead atoms. The summed E-state index contributed by atoms with van der Waals surface area (Å²) in [5.41, 5.74) is 0. The van der Waals surface area contributed by atoms with Crippen molar-refractivity contribution in [2.24, 2.45) is 0 Å². The maximum atomic E-state index is 3.58. The molecule has 2 rings (SSSR count). The third-order valence-corrected chi connectivity index (χ3v) is 4.03. The molecule has 2 heteroatoms. The average Bonchev–Trinajstić information content (AvgIpc) is 2.59. The molecule has 10 heavy (non-hydrogen) atoms. The van der Waals surface area contributed by atoms with Crippen LogP contribution in [0.1, 0.15) is 25.7 Å². The summed E-state index contributed by atoms with van der Waals surface area (Å²) >= 11 is 2.18. The second-order valence-corrected chi connectivity index (χ2v) is 4.60. The summed E-state index contributed by atoms with van der Waals surface area (Å²) in [5.74, 6) is 1.41. The molecule has 0 aliphatic carbocycles. The minimum absolute atomic E-state index is 0.868. The standard InChI is InChI=1S/C8H15NS/c1-3-7(9-5-1)8-4-2-6-10-8/h7-9H,1-6H2. The molecular weight excluding hydrogens is 142 g/mol. The zero-order valence-corrected chi connectivity index (χ0v) is 7.12. The van der Waals surface area contributed by atoms with Gasteiger partial charge in [-0.2, -0.15) is 11.8 Å². The number of hydrogen-bond donors (Lipinski definition) is 1. The van der Waals surface area contributed by atoms with Crippen molar-refractivity contribution in [3.05, 3.63) is 0 Å². The first-order valence-electron chi connectivity index (χ1n) is 4.32. The first-order chi connectivity index (χ1) is 4.97. The van der Waals surface area contributed by atoms with Gasteiger partial charge in [0.05, 0.1) is 0 Å². The zero-order chi connectivity index (χ0) is 6.81. The van der Waals surface area contributed by atoms with Crippen LogP contribution in [0.25, 0.3) is 0 Å². The summed E-state index contributed by atoms with van der Waals surface area (Å²) in [5, 5.41) is 4.54. The van der Waals surface area contributed by atoms with Gasteiger partial charge in [-0.25, -0.2) is 0 Å². The number of rotatable bonds is 1. The van der Waals surface area contributed by atoms with Gasteiger partial charge in [0.15, 0.2) is 0 Å². The lowest BCUT2D eigenvalue weighted by molar-refractivity contribution is 0.561. The van der Waals surface area contributed by atoms with Gasteiger partial charge in [0.25, 0.3) is 0 Å². The predicted octanol–water partition coefficient (Wildman–Crippen LogP) is 1.63. The molecule has 2 unspecified atom stereocenters. The highest BCUT2D eigenvalue weighted by atomic mass is 32.2. The monoisotopic (exact) mass is 157 g/mol. The van der Waals surface area contributed by atoms with Crippen LogP contribution in [-0.4, -0.2) is 23.6 Å². The molecule has 0 aromatic carbocycles. The third kappa shape index (κ3) is 1.32. The molecule has 1 nitrogen and oxygen atoms in total. The minimum Gasteiger partial charge on any atom is -0.313 e. The molecule has 2 aliphatic rings. The number of nitrogens with one attached hydrogen (secondary N) is 1. The Morgan fingerprint density at radius 1 is 1.20 bits per heavy atom. The van der Waals surface area contributed by atoms with E-state index in [-0.39, 0.29) is 0 Å². The van der Waals surface area contributed by atoms with Crippen LogP contribution in [0.4, 0.5) is 0 Å². The highest BCUT2D eigenvalue weighted by Gasteiger charge is 2.27. The van der Waals surface area contributed by atoms with E-state index in [0.29, 0.717) is 0 Å². The van der Waals surface area contributed by atoms with Crippen LogP contribution in [0.3, 0.4) is 0 Å². The predicted molar refractivity (Wildman–Crippen MR) is 46.5 cm³/mol. The molecule has 2 atom stereocenters. The fraction of sp³-hybridized carbons (Fsp3) is 1.00. The van der Waals surface area contributed by atoms with Crippen LogP contribution in [0.5, 0.6) is 0 Å². The Bertz CT molecular complexity index is 89.8. The van der Waals surface area contributed by atoms with E-state index < -0.39 is 0 Å². The van der Waals surface area contributed by atoms with Crippen molar-refractivity contribution in [1.29, 1.82) is 0 Å². The Morgan fingerprint density at radius 3 is 2.80 bits per heavy atom. The van der Waals surface area contributed by atoms with Crippen molar-refractivity contribution < 1.29 is 0 Å². The van der Waals surface area contributed by atoms with E-state index >= 15 is 0 Å². The minimum atomic E-state index is 0.868. The van der Waals surface area contributed by atoms with Gasteiger partial charge in [0.2, 0.25) is 0 Å². The van der Waals surface area contributed by atoms with Crippen molar-refractivity contribution in [3.63, 3.8) is 0 Å². The van der Waals surface area contributed by atoms with Gasteiger partial charge >= 0.3 is 0 Å². The van der Waals surface area contributed by atoms with Gasteiger partial charge in [-0.05, 0) is 38.0 Å². The van der Waals surface area contributed by atoms with Gasteiger partial charge in [-0.3, -0.25) is 0 Å². The van der Waals surface area contributed by atoms with Gasteiger partial charge in [-0.1, -0.05) is 0 Å². The fourth-order valence-electron chi connectivity index (χ4n) is 1.95. The van der Waals surface area contributed by atoms with Crippen LogP contribution in [-0.2, 0) is 0 Å². The molecule has 2 aliphatic heterocycles. The van der Waals surface area contributed by atoms with Crippen molar-refractivity contribution in [3.8, 4) is 0 Å². The lowest BCUT2D eigenvalue weighted by Gasteiger charge is -2.16. The zero-order valence-electron chi connectivity index (χ0n) is 6.31. The molecule has 0 spiro atoms. The van der Waals surface area contributed by atoms with E-state index in [9.17, 15) is 0 Å². The Hall–Kier alpha value is 0.310. The van der Waals surface area contributed by atoms with Crippen LogP contribution < -0.4 is 5.32 Å². The maximum absolute atomic E-state index is 3.58. The van der Waals surface area contributed by atoms with Crippen LogP contribution >= 0.6 is 11.8 Å². The molecule has 1 N–H and O–H groups in total. The van der Waals surface area contributed by atoms with Gasteiger partial charge < -0.3 is 5.32 Å². The molecule has 2 saturated heterocycles. The van der Waals surface area contributed by atoms with Gasteiger partial charge in [0.1, 0.15) is 0 Å². The molecule has 0 aromatic heterocycles. The molecule has 0 aromatic rings. The molecule has 2 fully saturated rings.